The first-order valence-corrected chi connectivity index (χ1v) is 6.43. The third kappa shape index (κ3) is 2.93. The molecule has 0 bridgehead atoms. The summed E-state index contributed by atoms with van der Waals surface area (Å²) in [6.07, 6.45) is 1.59. The summed E-state index contributed by atoms with van der Waals surface area (Å²) < 4.78 is 0.819. The Morgan fingerprint density at radius 1 is 1.22 bits per heavy atom. The Morgan fingerprint density at radius 3 is 2.33 bits per heavy atom. The molecule has 0 radical (unpaired) electrons. The molecular weight excluding hydrogens is 320 g/mol. The van der Waals surface area contributed by atoms with Crippen molar-refractivity contribution in [1.29, 1.82) is 0 Å². The lowest BCUT2D eigenvalue weighted by Crippen LogP contribution is -2.11. The van der Waals surface area contributed by atoms with Crippen molar-refractivity contribution in [1.82, 2.24) is 4.98 Å². The molecule has 1 aromatic carbocycles. The number of carboxylic acids is 1. The molecule has 1 amide bonds. The Morgan fingerprint density at radius 2 is 1.83 bits per heavy atom. The fourth-order valence-electron chi connectivity index (χ4n) is 1.25. The van der Waals surface area contributed by atoms with Gasteiger partial charge in [0.15, 0.2) is 5.13 Å². The van der Waals surface area contributed by atoms with Gasteiger partial charge in [-0.1, -0.05) is 11.3 Å². The van der Waals surface area contributed by atoms with Gasteiger partial charge in [-0.2, -0.15) is 0 Å². The first kappa shape index (κ1) is 12.7. The first-order valence-electron chi connectivity index (χ1n) is 4.82. The molecule has 0 saturated heterocycles. The standard InChI is InChI=1S/C11H7BrN2O3S/c12-8-5-13-11(18-8)14-9(15)6-1-3-7(4-2-6)10(16)17/h1-5H,(H,16,17)(H,13,14,15). The number of aromatic nitrogens is 1. The molecule has 2 N–H and O–H groups in total. The van der Waals surface area contributed by atoms with Crippen LogP contribution in [0.1, 0.15) is 20.7 Å². The van der Waals surface area contributed by atoms with E-state index in [1.54, 1.807) is 6.20 Å². The van der Waals surface area contributed by atoms with Crippen molar-refractivity contribution < 1.29 is 14.7 Å². The van der Waals surface area contributed by atoms with Crippen LogP contribution in [-0.4, -0.2) is 22.0 Å². The quantitative estimate of drug-likeness (QED) is 0.908. The molecule has 18 heavy (non-hydrogen) atoms. The van der Waals surface area contributed by atoms with Gasteiger partial charge in [-0.15, -0.1) is 0 Å². The van der Waals surface area contributed by atoms with Crippen LogP contribution in [0.15, 0.2) is 34.2 Å². The van der Waals surface area contributed by atoms with Crippen molar-refractivity contribution in [3.05, 3.63) is 45.4 Å². The molecule has 1 heterocycles. The van der Waals surface area contributed by atoms with E-state index in [1.165, 1.54) is 35.6 Å². The number of hydrogen-bond donors (Lipinski definition) is 2. The molecule has 0 fully saturated rings. The van der Waals surface area contributed by atoms with Gasteiger partial charge in [0.05, 0.1) is 15.5 Å². The molecule has 2 rings (SSSR count). The minimum atomic E-state index is -1.02. The van der Waals surface area contributed by atoms with Gasteiger partial charge in [0.2, 0.25) is 0 Å². The zero-order valence-corrected chi connectivity index (χ0v) is 11.3. The minimum absolute atomic E-state index is 0.142. The van der Waals surface area contributed by atoms with Crippen LogP contribution in [0.3, 0.4) is 0 Å². The van der Waals surface area contributed by atoms with E-state index in [2.05, 4.69) is 26.2 Å². The molecule has 0 aliphatic carbocycles. The number of hydrogen-bond acceptors (Lipinski definition) is 4. The molecule has 0 saturated carbocycles. The highest BCUT2D eigenvalue weighted by Crippen LogP contribution is 2.23. The van der Waals surface area contributed by atoms with E-state index in [-0.39, 0.29) is 11.5 Å². The maximum Gasteiger partial charge on any atom is 0.335 e. The predicted molar refractivity (Wildman–Crippen MR) is 71.2 cm³/mol. The largest absolute Gasteiger partial charge is 0.478 e. The fourth-order valence-corrected chi connectivity index (χ4v) is 2.35. The molecule has 0 aliphatic heterocycles. The summed E-state index contributed by atoms with van der Waals surface area (Å²) in [7, 11) is 0. The number of carboxylic acid groups (broad SMARTS) is 1. The van der Waals surface area contributed by atoms with Gasteiger partial charge in [0.25, 0.3) is 5.91 Å². The summed E-state index contributed by atoms with van der Waals surface area (Å²) in [6, 6.07) is 5.69. The van der Waals surface area contributed by atoms with Gasteiger partial charge in [-0.3, -0.25) is 10.1 Å². The van der Waals surface area contributed by atoms with Crippen LogP contribution < -0.4 is 5.32 Å². The van der Waals surface area contributed by atoms with Gasteiger partial charge in [-0.05, 0) is 40.2 Å². The third-order valence-electron chi connectivity index (χ3n) is 2.09. The van der Waals surface area contributed by atoms with Gasteiger partial charge < -0.3 is 5.11 Å². The van der Waals surface area contributed by atoms with Gasteiger partial charge in [0, 0.05) is 5.56 Å². The van der Waals surface area contributed by atoms with E-state index in [9.17, 15) is 9.59 Å². The van der Waals surface area contributed by atoms with E-state index >= 15 is 0 Å². The number of benzene rings is 1. The second-order valence-corrected chi connectivity index (χ2v) is 5.72. The van der Waals surface area contributed by atoms with Gasteiger partial charge in [0.1, 0.15) is 0 Å². The molecule has 0 atom stereocenters. The summed E-state index contributed by atoms with van der Waals surface area (Å²) in [6.45, 7) is 0. The topological polar surface area (TPSA) is 79.3 Å². The maximum atomic E-state index is 11.8. The van der Waals surface area contributed by atoms with E-state index in [0.717, 1.165) is 3.79 Å². The van der Waals surface area contributed by atoms with Gasteiger partial charge in [-0.25, -0.2) is 9.78 Å². The van der Waals surface area contributed by atoms with E-state index in [0.29, 0.717) is 10.7 Å². The number of carbonyl (C=O) groups excluding carboxylic acids is 1. The normalized spacial score (nSPS) is 10.1. The summed E-state index contributed by atoms with van der Waals surface area (Å²) in [5, 5.41) is 11.8. The number of rotatable bonds is 3. The van der Waals surface area contributed by atoms with Crippen LogP contribution in [0, 0.1) is 0 Å². The van der Waals surface area contributed by atoms with Crippen LogP contribution in [0.5, 0.6) is 0 Å². The third-order valence-corrected chi connectivity index (χ3v) is 3.48. The summed E-state index contributed by atoms with van der Waals surface area (Å²) in [4.78, 5) is 26.4. The molecule has 7 heteroatoms. The lowest BCUT2D eigenvalue weighted by Gasteiger charge is -2.01. The average molecular weight is 327 g/mol. The number of thiazole rings is 1. The van der Waals surface area contributed by atoms with Crippen molar-refractivity contribution >= 4 is 44.3 Å². The zero-order chi connectivity index (χ0) is 13.1. The highest BCUT2D eigenvalue weighted by Gasteiger charge is 2.09. The lowest BCUT2D eigenvalue weighted by molar-refractivity contribution is 0.0696. The number of nitrogens with one attached hydrogen (secondary N) is 1. The molecular formula is C11H7BrN2O3S. The number of carbonyl (C=O) groups is 2. The van der Waals surface area contributed by atoms with Crippen molar-refractivity contribution in [3.8, 4) is 0 Å². The second kappa shape index (κ2) is 5.28. The second-order valence-electron chi connectivity index (χ2n) is 3.31. The average Bonchev–Trinajstić information content (AvgIpc) is 2.75. The zero-order valence-electron chi connectivity index (χ0n) is 8.88. The smallest absolute Gasteiger partial charge is 0.335 e. The highest BCUT2D eigenvalue weighted by molar-refractivity contribution is 9.11. The number of anilines is 1. The molecule has 92 valence electrons. The molecule has 1 aromatic heterocycles. The SMILES string of the molecule is O=C(O)c1ccc(C(=O)Nc2ncc(Br)s2)cc1. The molecule has 0 spiro atoms. The monoisotopic (exact) mass is 326 g/mol. The van der Waals surface area contributed by atoms with Crippen LogP contribution in [-0.2, 0) is 0 Å². The molecule has 0 unspecified atom stereocenters. The predicted octanol–water partition coefficient (Wildman–Crippen LogP) is 2.86. The minimum Gasteiger partial charge on any atom is -0.478 e. The van der Waals surface area contributed by atoms with Crippen LogP contribution in [0.4, 0.5) is 5.13 Å². The fraction of sp³-hybridized carbons (Fsp3) is 0. The Bertz CT molecular complexity index is 595. The number of nitrogens with zero attached hydrogens (tertiary/aromatic N) is 1. The van der Waals surface area contributed by atoms with Crippen LogP contribution in [0.25, 0.3) is 0 Å². The van der Waals surface area contributed by atoms with Crippen LogP contribution in [0.2, 0.25) is 0 Å². The Balaban J connectivity index is 2.11. The number of amides is 1. The van der Waals surface area contributed by atoms with Crippen molar-refractivity contribution in [3.63, 3.8) is 0 Å². The number of aromatic carboxylic acids is 1. The van der Waals surface area contributed by atoms with E-state index in [4.69, 9.17) is 5.11 Å². The highest BCUT2D eigenvalue weighted by atomic mass is 79.9. The molecule has 2 aromatic rings. The summed E-state index contributed by atoms with van der Waals surface area (Å²) >= 11 is 4.54. The Kier molecular flexibility index (Phi) is 3.73. The van der Waals surface area contributed by atoms with E-state index in [1.807, 2.05) is 0 Å². The Labute approximate surface area is 115 Å². The molecule has 5 nitrogen and oxygen atoms in total. The van der Waals surface area contributed by atoms with E-state index < -0.39 is 5.97 Å². The first-order chi connectivity index (χ1) is 8.56. The Hall–Kier alpha value is -1.73. The van der Waals surface area contributed by atoms with Crippen molar-refractivity contribution in [2.24, 2.45) is 0 Å². The van der Waals surface area contributed by atoms with Crippen LogP contribution >= 0.6 is 27.3 Å². The summed E-state index contributed by atoms with van der Waals surface area (Å²) in [5.41, 5.74) is 0.523. The maximum absolute atomic E-state index is 11.8. The molecule has 0 aliphatic rings. The lowest BCUT2D eigenvalue weighted by atomic mass is 10.1. The van der Waals surface area contributed by atoms with Crippen molar-refractivity contribution in [2.45, 2.75) is 0 Å². The van der Waals surface area contributed by atoms with Gasteiger partial charge >= 0.3 is 5.97 Å². The number of halogens is 1. The summed E-state index contributed by atoms with van der Waals surface area (Å²) in [5.74, 6) is -1.35. The van der Waals surface area contributed by atoms with Crippen molar-refractivity contribution in [2.75, 3.05) is 5.32 Å².